The Morgan fingerprint density at radius 2 is 2.11 bits per heavy atom. The van der Waals surface area contributed by atoms with Crippen molar-refractivity contribution < 1.29 is 19.3 Å². The van der Waals surface area contributed by atoms with E-state index < -0.39 is 19.3 Å². The lowest BCUT2D eigenvalue weighted by atomic mass is 10.1. The van der Waals surface area contributed by atoms with Crippen LogP contribution in [0.1, 0.15) is 39.2 Å². The van der Waals surface area contributed by atoms with Crippen LogP contribution in [0.3, 0.4) is 0 Å². The molecule has 1 fully saturated rings. The molecule has 1 heterocycles. The van der Waals surface area contributed by atoms with E-state index in [4.69, 9.17) is 4.43 Å². The molecule has 156 valence electrons. The first-order valence-corrected chi connectivity index (χ1v) is 12.5. The van der Waals surface area contributed by atoms with Crippen molar-refractivity contribution in [3.8, 4) is 0 Å². The Kier molecular flexibility index (Phi) is 6.71. The van der Waals surface area contributed by atoms with Gasteiger partial charge in [0.05, 0.1) is 17.6 Å². The molecule has 1 aromatic carbocycles. The maximum absolute atomic E-state index is 11.5. The number of nitrogens with zero attached hydrogens (tertiary/aromatic N) is 2. The van der Waals surface area contributed by atoms with E-state index in [1.54, 1.807) is 12.1 Å². The molecule has 0 aliphatic carbocycles. The molecule has 8 nitrogen and oxygen atoms in total. The minimum atomic E-state index is -1.94. The van der Waals surface area contributed by atoms with Crippen molar-refractivity contribution in [2.75, 3.05) is 18.4 Å². The maximum atomic E-state index is 11.5. The molecule has 28 heavy (non-hydrogen) atoms. The molecule has 0 radical (unpaired) electrons. The van der Waals surface area contributed by atoms with E-state index in [2.05, 4.69) is 39.2 Å². The van der Waals surface area contributed by atoms with Crippen LogP contribution in [0, 0.1) is 10.1 Å². The first kappa shape index (κ1) is 22.2. The Morgan fingerprint density at radius 1 is 1.43 bits per heavy atom. The lowest BCUT2D eigenvalue weighted by Gasteiger charge is -2.36. The van der Waals surface area contributed by atoms with Gasteiger partial charge in [0, 0.05) is 19.2 Å². The maximum Gasteiger partial charge on any atom is 0.407 e. The summed E-state index contributed by atoms with van der Waals surface area (Å²) in [6, 6.07) is 4.88. The van der Waals surface area contributed by atoms with Crippen LogP contribution in [-0.2, 0) is 11.0 Å². The van der Waals surface area contributed by atoms with Gasteiger partial charge in [-0.05, 0) is 42.6 Å². The van der Waals surface area contributed by atoms with Crippen molar-refractivity contribution in [3.63, 3.8) is 0 Å². The molecule has 1 saturated heterocycles. The first-order valence-electron chi connectivity index (χ1n) is 9.57. The third-order valence-electron chi connectivity index (χ3n) is 5.82. The number of nitro groups is 1. The van der Waals surface area contributed by atoms with E-state index in [-0.39, 0.29) is 16.8 Å². The van der Waals surface area contributed by atoms with E-state index in [1.165, 1.54) is 4.90 Å². The number of amides is 1. The molecule has 1 aliphatic heterocycles. The zero-order chi connectivity index (χ0) is 21.1. The quantitative estimate of drug-likeness (QED) is 0.385. The summed E-state index contributed by atoms with van der Waals surface area (Å²) in [4.78, 5) is 23.8. The number of hydrogen-bond donors (Lipinski definition) is 2. The number of carbonyl (C=O) groups is 1. The second-order valence-electron chi connectivity index (χ2n) is 8.81. The van der Waals surface area contributed by atoms with E-state index in [1.807, 2.05) is 6.07 Å². The highest BCUT2D eigenvalue weighted by Crippen LogP contribution is 2.37. The van der Waals surface area contributed by atoms with E-state index >= 15 is 0 Å². The Labute approximate surface area is 167 Å². The molecular weight excluding hydrogens is 378 g/mol. The van der Waals surface area contributed by atoms with Gasteiger partial charge in [0.15, 0.2) is 8.32 Å². The van der Waals surface area contributed by atoms with Crippen LogP contribution in [0.2, 0.25) is 18.1 Å². The van der Waals surface area contributed by atoms with Crippen molar-refractivity contribution in [1.29, 1.82) is 0 Å². The normalized spacial score (nSPS) is 17.6. The van der Waals surface area contributed by atoms with Crippen molar-refractivity contribution in [1.82, 2.24) is 4.90 Å². The number of nitro benzene ring substituents is 1. The highest BCUT2D eigenvalue weighted by molar-refractivity contribution is 6.74. The lowest BCUT2D eigenvalue weighted by Crippen LogP contribution is -2.40. The summed E-state index contributed by atoms with van der Waals surface area (Å²) in [5, 5.41) is 23.9. The lowest BCUT2D eigenvalue weighted by molar-refractivity contribution is -0.384. The topological polar surface area (TPSA) is 105 Å². The molecule has 0 bridgehead atoms. The number of hydrogen-bond acceptors (Lipinski definition) is 5. The van der Waals surface area contributed by atoms with Crippen molar-refractivity contribution >= 4 is 25.8 Å². The summed E-state index contributed by atoms with van der Waals surface area (Å²) in [5.74, 6) is 0. The van der Waals surface area contributed by atoms with E-state index in [0.29, 0.717) is 25.4 Å². The summed E-state index contributed by atoms with van der Waals surface area (Å²) in [7, 11) is -1.94. The van der Waals surface area contributed by atoms with Gasteiger partial charge < -0.3 is 19.7 Å². The van der Waals surface area contributed by atoms with Crippen LogP contribution in [0.15, 0.2) is 18.2 Å². The Balaban J connectivity index is 2.08. The van der Waals surface area contributed by atoms with E-state index in [9.17, 15) is 20.0 Å². The molecule has 0 unspecified atom stereocenters. The minimum absolute atomic E-state index is 0.0174. The number of carboxylic acid groups (broad SMARTS) is 1. The summed E-state index contributed by atoms with van der Waals surface area (Å²) in [6.07, 6.45) is 0.618. The molecule has 9 heteroatoms. The Morgan fingerprint density at radius 3 is 2.68 bits per heavy atom. The third kappa shape index (κ3) is 5.23. The number of rotatable bonds is 7. The number of benzene rings is 1. The van der Waals surface area contributed by atoms with Gasteiger partial charge in [0.1, 0.15) is 5.69 Å². The van der Waals surface area contributed by atoms with Gasteiger partial charge >= 0.3 is 6.09 Å². The van der Waals surface area contributed by atoms with Gasteiger partial charge in [0.2, 0.25) is 0 Å². The molecule has 1 atom stereocenters. The van der Waals surface area contributed by atoms with Crippen LogP contribution in [0.25, 0.3) is 0 Å². The average molecular weight is 410 g/mol. The molecule has 2 N–H and O–H groups in total. The largest absolute Gasteiger partial charge is 0.465 e. The van der Waals surface area contributed by atoms with Gasteiger partial charge in [-0.2, -0.15) is 0 Å². The fourth-order valence-corrected chi connectivity index (χ4v) is 3.94. The molecule has 0 spiro atoms. The van der Waals surface area contributed by atoms with Crippen LogP contribution in [0.5, 0.6) is 0 Å². The summed E-state index contributed by atoms with van der Waals surface area (Å²) in [6.45, 7) is 11.9. The third-order valence-corrected chi connectivity index (χ3v) is 10.3. The summed E-state index contributed by atoms with van der Waals surface area (Å²) < 4.78 is 6.16. The summed E-state index contributed by atoms with van der Waals surface area (Å²) >= 11 is 0. The molecule has 0 aromatic heterocycles. The Bertz CT molecular complexity index is 733. The molecule has 1 amide bonds. The van der Waals surface area contributed by atoms with Crippen molar-refractivity contribution in [2.45, 2.75) is 64.4 Å². The number of anilines is 1. The minimum Gasteiger partial charge on any atom is -0.465 e. The van der Waals surface area contributed by atoms with Crippen molar-refractivity contribution in [2.24, 2.45) is 0 Å². The molecule has 0 saturated carbocycles. The van der Waals surface area contributed by atoms with Crippen LogP contribution < -0.4 is 5.32 Å². The Hall–Kier alpha value is -2.13. The second kappa shape index (κ2) is 8.48. The fraction of sp³-hybridized carbons (Fsp3) is 0.632. The number of nitrogens with one attached hydrogen (secondary N) is 1. The predicted molar refractivity (Wildman–Crippen MR) is 111 cm³/mol. The molecule has 1 aromatic rings. The monoisotopic (exact) mass is 409 g/mol. The highest BCUT2D eigenvalue weighted by Gasteiger charge is 2.37. The van der Waals surface area contributed by atoms with Gasteiger partial charge in [-0.15, -0.1) is 0 Å². The SMILES string of the molecule is CC(C)(C)[Si](C)(C)OCc1ccc(NC[C@H]2CCCN2C(=O)O)c([N+](=O)[O-])c1. The van der Waals surface area contributed by atoms with Crippen molar-refractivity contribution in [3.05, 3.63) is 33.9 Å². The van der Waals surface area contributed by atoms with Gasteiger partial charge in [-0.3, -0.25) is 10.1 Å². The smallest absolute Gasteiger partial charge is 0.407 e. The predicted octanol–water partition coefficient (Wildman–Crippen LogP) is 4.67. The van der Waals surface area contributed by atoms with Crippen LogP contribution >= 0.6 is 0 Å². The highest BCUT2D eigenvalue weighted by atomic mass is 28.4. The van der Waals surface area contributed by atoms with Gasteiger partial charge in [-0.1, -0.05) is 26.8 Å². The van der Waals surface area contributed by atoms with Crippen LogP contribution in [-0.4, -0.2) is 48.5 Å². The van der Waals surface area contributed by atoms with Crippen LogP contribution in [0.4, 0.5) is 16.2 Å². The van der Waals surface area contributed by atoms with E-state index in [0.717, 1.165) is 18.4 Å². The van der Waals surface area contributed by atoms with Gasteiger partial charge in [-0.25, -0.2) is 4.79 Å². The molecular formula is C19H31N3O5Si. The average Bonchev–Trinajstić information content (AvgIpc) is 3.06. The molecule has 1 aliphatic rings. The first-order chi connectivity index (χ1) is 12.9. The zero-order valence-corrected chi connectivity index (χ0v) is 18.3. The summed E-state index contributed by atoms with van der Waals surface area (Å²) in [5.41, 5.74) is 1.14. The fourth-order valence-electron chi connectivity index (χ4n) is 2.98. The second-order valence-corrected chi connectivity index (χ2v) is 13.6. The molecule has 2 rings (SSSR count). The zero-order valence-electron chi connectivity index (χ0n) is 17.3. The number of likely N-dealkylation sites (tertiary alicyclic amines) is 1. The van der Waals surface area contributed by atoms with Gasteiger partial charge in [0.25, 0.3) is 5.69 Å². The standard InChI is InChI=1S/C19H31N3O5Si/c1-19(2,3)28(4,5)27-13-14-8-9-16(17(11-14)22(25)26)20-12-15-7-6-10-21(15)18(23)24/h8-9,11,15,20H,6-7,10,12-13H2,1-5H3,(H,23,24)/t15-/m1/s1.